The number of benzene rings is 2. The molecule has 3 aromatic rings. The highest BCUT2D eigenvalue weighted by molar-refractivity contribution is 9.10. The summed E-state index contributed by atoms with van der Waals surface area (Å²) >= 11 is 5.11. The minimum absolute atomic E-state index is 0. The lowest BCUT2D eigenvalue weighted by atomic mass is 10.2. The van der Waals surface area contributed by atoms with Gasteiger partial charge in [0.15, 0.2) is 5.13 Å². The Balaban J connectivity index is 0.00000300. The zero-order valence-electron chi connectivity index (χ0n) is 17.0. The monoisotopic (exact) mass is 495 g/mol. The van der Waals surface area contributed by atoms with E-state index in [9.17, 15) is 4.79 Å². The molecule has 0 saturated heterocycles. The molecule has 4 nitrogen and oxygen atoms in total. The first-order valence-electron chi connectivity index (χ1n) is 9.75. The number of likely N-dealkylation sites (N-methyl/N-ethyl adjacent to an activating group) is 1. The maximum Gasteiger partial charge on any atom is 0.261 e. The van der Waals surface area contributed by atoms with Crippen molar-refractivity contribution in [3.8, 4) is 0 Å². The summed E-state index contributed by atoms with van der Waals surface area (Å²) in [6.45, 7) is 9.80. The second kappa shape index (κ2) is 11.1. The molecule has 1 aromatic heterocycles. The average Bonchev–Trinajstić information content (AvgIpc) is 3.14. The third-order valence-electron chi connectivity index (χ3n) is 4.96. The lowest BCUT2D eigenvalue weighted by Crippen LogP contribution is -2.39. The average molecular weight is 497 g/mol. The normalized spacial score (nSPS) is 10.9. The van der Waals surface area contributed by atoms with Gasteiger partial charge in [0.2, 0.25) is 0 Å². The number of thiazole rings is 1. The lowest BCUT2D eigenvalue weighted by molar-refractivity contribution is 0.0983. The summed E-state index contributed by atoms with van der Waals surface area (Å²) in [6, 6.07) is 13.9. The van der Waals surface area contributed by atoms with Crippen molar-refractivity contribution in [3.05, 3.63) is 58.1 Å². The molecule has 0 aliphatic heterocycles. The molecule has 156 valence electrons. The molecular formula is C22H27BrClN3OS. The van der Waals surface area contributed by atoms with Crippen molar-refractivity contribution in [1.82, 2.24) is 9.88 Å². The SMILES string of the molecule is CCc1ccc2nc(N(CCN(CC)CC)C(=O)c3ccccc3Br)sc2c1.Cl. The van der Waals surface area contributed by atoms with Crippen LogP contribution in [0.4, 0.5) is 5.13 Å². The Kier molecular flexibility index (Phi) is 9.08. The van der Waals surface area contributed by atoms with E-state index in [2.05, 4.69) is 59.8 Å². The van der Waals surface area contributed by atoms with E-state index >= 15 is 0 Å². The summed E-state index contributed by atoms with van der Waals surface area (Å²) in [5.41, 5.74) is 2.90. The molecule has 1 amide bonds. The summed E-state index contributed by atoms with van der Waals surface area (Å²) in [5, 5.41) is 0.760. The molecule has 2 aromatic carbocycles. The number of rotatable bonds is 8. The molecule has 7 heteroatoms. The zero-order chi connectivity index (χ0) is 20.1. The van der Waals surface area contributed by atoms with Crippen LogP contribution in [0.5, 0.6) is 0 Å². The molecule has 0 aliphatic carbocycles. The van der Waals surface area contributed by atoms with E-state index in [1.54, 1.807) is 11.3 Å². The topological polar surface area (TPSA) is 36.4 Å². The van der Waals surface area contributed by atoms with Gasteiger partial charge in [-0.15, -0.1) is 12.4 Å². The number of carbonyl (C=O) groups is 1. The van der Waals surface area contributed by atoms with E-state index < -0.39 is 0 Å². The molecule has 0 spiro atoms. The van der Waals surface area contributed by atoms with Gasteiger partial charge in [-0.2, -0.15) is 0 Å². The van der Waals surface area contributed by atoms with Gasteiger partial charge in [-0.25, -0.2) is 4.98 Å². The van der Waals surface area contributed by atoms with Gasteiger partial charge < -0.3 is 4.90 Å². The molecular weight excluding hydrogens is 470 g/mol. The fraction of sp³-hybridized carbons (Fsp3) is 0.364. The maximum absolute atomic E-state index is 13.4. The number of nitrogens with zero attached hydrogens (tertiary/aromatic N) is 3. The van der Waals surface area contributed by atoms with Gasteiger partial charge in [-0.3, -0.25) is 9.69 Å². The molecule has 0 fully saturated rings. The highest BCUT2D eigenvalue weighted by Gasteiger charge is 2.23. The van der Waals surface area contributed by atoms with E-state index in [1.807, 2.05) is 29.2 Å². The number of amides is 1. The Morgan fingerprint density at radius 1 is 1.07 bits per heavy atom. The number of hydrogen-bond acceptors (Lipinski definition) is 4. The first-order chi connectivity index (χ1) is 13.6. The summed E-state index contributed by atoms with van der Waals surface area (Å²) in [5.74, 6) is -0.0191. The Hall–Kier alpha value is -1.47. The van der Waals surface area contributed by atoms with E-state index in [0.717, 1.165) is 45.9 Å². The smallest absolute Gasteiger partial charge is 0.261 e. The minimum atomic E-state index is -0.0191. The zero-order valence-corrected chi connectivity index (χ0v) is 20.2. The van der Waals surface area contributed by atoms with Crippen molar-refractivity contribution < 1.29 is 4.79 Å². The molecule has 3 rings (SSSR count). The highest BCUT2D eigenvalue weighted by Crippen LogP contribution is 2.31. The van der Waals surface area contributed by atoms with Gasteiger partial charge in [0.25, 0.3) is 5.91 Å². The van der Waals surface area contributed by atoms with Crippen LogP contribution in [0.2, 0.25) is 0 Å². The Morgan fingerprint density at radius 2 is 1.79 bits per heavy atom. The Bertz CT molecular complexity index is 958. The second-order valence-corrected chi connectivity index (χ2v) is 8.48. The van der Waals surface area contributed by atoms with Crippen molar-refractivity contribution in [2.75, 3.05) is 31.1 Å². The Labute approximate surface area is 191 Å². The van der Waals surface area contributed by atoms with Crippen LogP contribution in [0, 0.1) is 0 Å². The largest absolute Gasteiger partial charge is 0.302 e. The predicted molar refractivity (Wildman–Crippen MR) is 130 cm³/mol. The number of aryl methyl sites for hydroxylation is 1. The molecule has 1 heterocycles. The fourth-order valence-corrected chi connectivity index (χ4v) is 4.65. The standard InChI is InChI=1S/C22H26BrN3OS.ClH/c1-4-16-11-12-19-20(15-16)28-22(24-19)26(14-13-25(5-2)6-3)21(27)17-9-7-8-10-18(17)23;/h7-12,15H,4-6,13-14H2,1-3H3;1H. The van der Waals surface area contributed by atoms with E-state index in [1.165, 1.54) is 5.56 Å². The number of carbonyl (C=O) groups excluding carboxylic acids is 1. The number of anilines is 1. The van der Waals surface area contributed by atoms with Crippen LogP contribution in [0.1, 0.15) is 36.7 Å². The van der Waals surface area contributed by atoms with Gasteiger partial charge in [-0.05, 0) is 65.3 Å². The van der Waals surface area contributed by atoms with E-state index in [-0.39, 0.29) is 18.3 Å². The highest BCUT2D eigenvalue weighted by atomic mass is 79.9. The first kappa shape index (κ1) is 23.8. The number of aromatic nitrogens is 1. The van der Waals surface area contributed by atoms with Crippen LogP contribution in [0.15, 0.2) is 46.9 Å². The van der Waals surface area contributed by atoms with Crippen LogP contribution in [-0.4, -0.2) is 42.0 Å². The maximum atomic E-state index is 13.4. The van der Waals surface area contributed by atoms with Crippen LogP contribution >= 0.6 is 39.7 Å². The number of fused-ring (bicyclic) bond motifs is 1. The van der Waals surface area contributed by atoms with Crippen LogP contribution < -0.4 is 4.90 Å². The van der Waals surface area contributed by atoms with Gasteiger partial charge in [0, 0.05) is 17.6 Å². The molecule has 0 N–H and O–H groups in total. The number of halogens is 2. The predicted octanol–water partition coefficient (Wildman–Crippen LogP) is 6.03. The van der Waals surface area contributed by atoms with Gasteiger partial charge in [0.1, 0.15) is 0 Å². The third kappa shape index (κ3) is 5.57. The summed E-state index contributed by atoms with van der Waals surface area (Å²) in [6.07, 6.45) is 0.991. The van der Waals surface area contributed by atoms with Crippen molar-refractivity contribution in [3.63, 3.8) is 0 Å². The minimum Gasteiger partial charge on any atom is -0.302 e. The fourth-order valence-electron chi connectivity index (χ4n) is 3.14. The van der Waals surface area contributed by atoms with Crippen molar-refractivity contribution >= 4 is 60.9 Å². The van der Waals surface area contributed by atoms with Gasteiger partial charge in [0.05, 0.1) is 15.8 Å². The summed E-state index contributed by atoms with van der Waals surface area (Å²) in [7, 11) is 0. The first-order valence-corrected chi connectivity index (χ1v) is 11.4. The second-order valence-electron chi connectivity index (χ2n) is 6.62. The molecule has 0 saturated carbocycles. The summed E-state index contributed by atoms with van der Waals surface area (Å²) in [4.78, 5) is 22.3. The molecule has 0 bridgehead atoms. The van der Waals surface area contributed by atoms with Crippen LogP contribution in [-0.2, 0) is 6.42 Å². The third-order valence-corrected chi connectivity index (χ3v) is 6.70. The van der Waals surface area contributed by atoms with Crippen molar-refractivity contribution in [1.29, 1.82) is 0 Å². The van der Waals surface area contributed by atoms with Gasteiger partial charge in [-0.1, -0.05) is 50.3 Å². The molecule has 0 atom stereocenters. The molecule has 0 aliphatic rings. The number of hydrogen-bond donors (Lipinski definition) is 0. The summed E-state index contributed by atoms with van der Waals surface area (Å²) < 4.78 is 1.93. The molecule has 0 unspecified atom stereocenters. The van der Waals surface area contributed by atoms with Crippen LogP contribution in [0.25, 0.3) is 10.2 Å². The van der Waals surface area contributed by atoms with Crippen molar-refractivity contribution in [2.24, 2.45) is 0 Å². The van der Waals surface area contributed by atoms with Crippen molar-refractivity contribution in [2.45, 2.75) is 27.2 Å². The molecule has 29 heavy (non-hydrogen) atoms. The quantitative estimate of drug-likeness (QED) is 0.382. The lowest BCUT2D eigenvalue weighted by Gasteiger charge is -2.25. The molecule has 0 radical (unpaired) electrons. The van der Waals surface area contributed by atoms with Crippen LogP contribution in [0.3, 0.4) is 0 Å². The van der Waals surface area contributed by atoms with E-state index in [4.69, 9.17) is 4.98 Å². The Morgan fingerprint density at radius 3 is 2.45 bits per heavy atom. The van der Waals surface area contributed by atoms with Gasteiger partial charge >= 0.3 is 0 Å². The van der Waals surface area contributed by atoms with E-state index in [0.29, 0.717) is 12.1 Å².